The summed E-state index contributed by atoms with van der Waals surface area (Å²) in [5, 5.41) is 13.6. The lowest BCUT2D eigenvalue weighted by molar-refractivity contribution is -0.142. The molecule has 7 nitrogen and oxygen atoms in total. The molecule has 0 aromatic carbocycles. The maximum Gasteiger partial charge on any atom is 0.328 e. The van der Waals surface area contributed by atoms with Crippen LogP contribution in [0.4, 0.5) is 4.79 Å². The summed E-state index contributed by atoms with van der Waals surface area (Å²) < 4.78 is 4.45. The molecule has 2 atom stereocenters. The van der Waals surface area contributed by atoms with Gasteiger partial charge in [-0.3, -0.25) is 4.79 Å². The van der Waals surface area contributed by atoms with Gasteiger partial charge in [-0.05, 0) is 19.8 Å². The van der Waals surface area contributed by atoms with Gasteiger partial charge in [0.25, 0.3) is 0 Å². The Morgan fingerprint density at radius 1 is 1.28 bits per heavy atom. The van der Waals surface area contributed by atoms with E-state index in [4.69, 9.17) is 5.11 Å². The number of carboxylic acid groups (broad SMARTS) is 1. The minimum Gasteiger partial charge on any atom is -0.481 e. The molecule has 0 aliphatic carbocycles. The van der Waals surface area contributed by atoms with Crippen LogP contribution in [0.5, 0.6) is 0 Å². The molecular formula is C11H20N2O5. The van der Waals surface area contributed by atoms with E-state index in [0.717, 1.165) is 0 Å². The van der Waals surface area contributed by atoms with Gasteiger partial charge in [-0.2, -0.15) is 0 Å². The molecule has 3 N–H and O–H groups in total. The number of carbonyl (C=O) groups excluding carboxylic acids is 2. The number of esters is 1. The lowest BCUT2D eigenvalue weighted by atomic mass is 10.1. The van der Waals surface area contributed by atoms with Gasteiger partial charge < -0.3 is 20.5 Å². The van der Waals surface area contributed by atoms with Gasteiger partial charge in [0.05, 0.1) is 13.0 Å². The largest absolute Gasteiger partial charge is 0.481 e. The molecule has 0 saturated heterocycles. The van der Waals surface area contributed by atoms with Crippen molar-refractivity contribution in [2.75, 3.05) is 13.7 Å². The number of methoxy groups -OCH3 is 1. The SMILES string of the molecule is COC(=O)C(C)NC(=O)NCCCC(C)C(=O)O. The molecule has 104 valence electrons. The normalized spacial score (nSPS) is 13.3. The minimum atomic E-state index is -0.848. The number of nitrogens with one attached hydrogen (secondary N) is 2. The number of amides is 2. The molecule has 0 saturated carbocycles. The third-order valence-corrected chi connectivity index (χ3v) is 2.42. The van der Waals surface area contributed by atoms with Crippen LogP contribution in [0.2, 0.25) is 0 Å². The second kappa shape index (κ2) is 8.32. The Labute approximate surface area is 106 Å². The van der Waals surface area contributed by atoms with E-state index in [2.05, 4.69) is 15.4 Å². The zero-order valence-corrected chi connectivity index (χ0v) is 10.9. The van der Waals surface area contributed by atoms with Crippen LogP contribution in [0, 0.1) is 5.92 Å². The quantitative estimate of drug-likeness (QED) is 0.452. The number of ether oxygens (including phenoxy) is 1. The molecule has 2 amide bonds. The zero-order valence-electron chi connectivity index (χ0n) is 10.9. The van der Waals surface area contributed by atoms with Crippen LogP contribution in [-0.4, -0.2) is 42.8 Å². The van der Waals surface area contributed by atoms with Crippen molar-refractivity contribution in [3.8, 4) is 0 Å². The van der Waals surface area contributed by atoms with E-state index < -0.39 is 29.9 Å². The number of hydrogen-bond acceptors (Lipinski definition) is 4. The first-order valence-corrected chi connectivity index (χ1v) is 5.73. The first-order valence-electron chi connectivity index (χ1n) is 5.73. The van der Waals surface area contributed by atoms with Crippen LogP contribution in [0.1, 0.15) is 26.7 Å². The van der Waals surface area contributed by atoms with Crippen LogP contribution in [0.3, 0.4) is 0 Å². The summed E-state index contributed by atoms with van der Waals surface area (Å²) in [6.07, 6.45) is 1.05. The van der Waals surface area contributed by atoms with Gasteiger partial charge in [0.1, 0.15) is 6.04 Å². The molecule has 7 heteroatoms. The van der Waals surface area contributed by atoms with Crippen molar-refractivity contribution in [1.82, 2.24) is 10.6 Å². The fourth-order valence-corrected chi connectivity index (χ4v) is 1.22. The summed E-state index contributed by atoms with van der Waals surface area (Å²) in [7, 11) is 1.24. The third-order valence-electron chi connectivity index (χ3n) is 2.42. The molecule has 0 aromatic heterocycles. The van der Waals surface area contributed by atoms with Crippen molar-refractivity contribution in [2.45, 2.75) is 32.7 Å². The predicted molar refractivity (Wildman–Crippen MR) is 64.0 cm³/mol. The summed E-state index contributed by atoms with van der Waals surface area (Å²) in [6, 6.07) is -1.19. The van der Waals surface area contributed by atoms with Gasteiger partial charge in [-0.15, -0.1) is 0 Å². The minimum absolute atomic E-state index is 0.358. The average Bonchev–Trinajstić information content (AvgIpc) is 2.32. The van der Waals surface area contributed by atoms with Crippen LogP contribution in [0.15, 0.2) is 0 Å². The number of hydrogen-bond donors (Lipinski definition) is 3. The summed E-state index contributed by atoms with van der Waals surface area (Å²) in [4.78, 5) is 32.8. The summed E-state index contributed by atoms with van der Waals surface area (Å²) in [5.41, 5.74) is 0. The first kappa shape index (κ1) is 16.2. The molecule has 0 spiro atoms. The maximum absolute atomic E-state index is 11.3. The highest BCUT2D eigenvalue weighted by atomic mass is 16.5. The van der Waals surface area contributed by atoms with E-state index in [0.29, 0.717) is 19.4 Å². The maximum atomic E-state index is 11.3. The van der Waals surface area contributed by atoms with Crippen molar-refractivity contribution in [2.24, 2.45) is 5.92 Å². The molecule has 0 rings (SSSR count). The third kappa shape index (κ3) is 6.72. The average molecular weight is 260 g/mol. The molecule has 0 aromatic rings. The Morgan fingerprint density at radius 3 is 2.39 bits per heavy atom. The zero-order chi connectivity index (χ0) is 14.1. The highest BCUT2D eigenvalue weighted by Gasteiger charge is 2.15. The van der Waals surface area contributed by atoms with Crippen molar-refractivity contribution < 1.29 is 24.2 Å². The van der Waals surface area contributed by atoms with Crippen LogP contribution >= 0.6 is 0 Å². The van der Waals surface area contributed by atoms with E-state index in [1.54, 1.807) is 6.92 Å². The lowest BCUT2D eigenvalue weighted by Crippen LogP contribution is -2.45. The van der Waals surface area contributed by atoms with Gasteiger partial charge in [0.2, 0.25) is 0 Å². The van der Waals surface area contributed by atoms with E-state index >= 15 is 0 Å². The van der Waals surface area contributed by atoms with Crippen LogP contribution < -0.4 is 10.6 Å². The fourth-order valence-electron chi connectivity index (χ4n) is 1.22. The molecule has 18 heavy (non-hydrogen) atoms. The predicted octanol–water partition coefficient (Wildman–Crippen LogP) is 0.348. The highest BCUT2D eigenvalue weighted by Crippen LogP contribution is 2.03. The van der Waals surface area contributed by atoms with Gasteiger partial charge >= 0.3 is 18.0 Å². The molecule has 0 aliphatic rings. The Balaban J connectivity index is 3.72. The molecular weight excluding hydrogens is 240 g/mol. The monoisotopic (exact) mass is 260 g/mol. The van der Waals surface area contributed by atoms with Crippen molar-refractivity contribution in [3.63, 3.8) is 0 Å². The van der Waals surface area contributed by atoms with E-state index in [-0.39, 0.29) is 0 Å². The number of rotatable bonds is 7. The number of aliphatic carboxylic acids is 1. The van der Waals surface area contributed by atoms with E-state index in [9.17, 15) is 14.4 Å². The van der Waals surface area contributed by atoms with E-state index in [1.165, 1.54) is 14.0 Å². The van der Waals surface area contributed by atoms with Crippen molar-refractivity contribution >= 4 is 18.0 Å². The second-order valence-electron chi connectivity index (χ2n) is 4.03. The number of carboxylic acids is 1. The number of urea groups is 1. The molecule has 0 fully saturated rings. The van der Waals surface area contributed by atoms with Gasteiger partial charge in [0.15, 0.2) is 0 Å². The van der Waals surface area contributed by atoms with Gasteiger partial charge in [0, 0.05) is 6.54 Å². The summed E-state index contributed by atoms with van der Waals surface area (Å²) in [6.45, 7) is 3.48. The van der Waals surface area contributed by atoms with Gasteiger partial charge in [-0.25, -0.2) is 9.59 Å². The molecule has 0 heterocycles. The molecule has 2 unspecified atom stereocenters. The molecule has 0 radical (unpaired) electrons. The fraction of sp³-hybridized carbons (Fsp3) is 0.727. The Morgan fingerprint density at radius 2 is 1.89 bits per heavy atom. The Hall–Kier alpha value is -1.79. The van der Waals surface area contributed by atoms with Crippen molar-refractivity contribution in [1.29, 1.82) is 0 Å². The summed E-state index contributed by atoms with van der Waals surface area (Å²) >= 11 is 0. The first-order chi connectivity index (χ1) is 8.38. The van der Waals surface area contributed by atoms with Crippen LogP contribution in [-0.2, 0) is 14.3 Å². The lowest BCUT2D eigenvalue weighted by Gasteiger charge is -2.12. The van der Waals surface area contributed by atoms with E-state index in [1.807, 2.05) is 0 Å². The molecule has 0 bridgehead atoms. The standard InChI is InChI=1S/C11H20N2O5/c1-7(9(14)15)5-4-6-12-11(17)13-8(2)10(16)18-3/h7-8H,4-6H2,1-3H3,(H,14,15)(H2,12,13,17). The Bertz CT molecular complexity index is 306. The van der Waals surface area contributed by atoms with Gasteiger partial charge in [-0.1, -0.05) is 6.92 Å². The van der Waals surface area contributed by atoms with Crippen LogP contribution in [0.25, 0.3) is 0 Å². The summed E-state index contributed by atoms with van der Waals surface area (Å²) in [5.74, 6) is -1.80. The topological polar surface area (TPSA) is 105 Å². The molecule has 0 aliphatic heterocycles. The smallest absolute Gasteiger partial charge is 0.328 e. The number of carbonyl (C=O) groups is 3. The van der Waals surface area contributed by atoms with Crippen molar-refractivity contribution in [3.05, 3.63) is 0 Å². The Kier molecular flexibility index (Phi) is 7.50. The highest BCUT2D eigenvalue weighted by molar-refractivity contribution is 5.83. The second-order valence-corrected chi connectivity index (χ2v) is 4.03.